The van der Waals surface area contributed by atoms with Crippen LogP contribution in [-0.2, 0) is 10.2 Å². The third kappa shape index (κ3) is 4.19. The Morgan fingerprint density at radius 1 is 1.20 bits per heavy atom. The molecule has 2 aromatic carbocycles. The van der Waals surface area contributed by atoms with Gasteiger partial charge >= 0.3 is 0 Å². The molecule has 0 atom stereocenters. The average Bonchev–Trinajstić information content (AvgIpc) is 3.27. The summed E-state index contributed by atoms with van der Waals surface area (Å²) >= 11 is 12.6. The molecule has 4 rings (SSSR count). The van der Waals surface area contributed by atoms with E-state index in [0.29, 0.717) is 35.4 Å². The third-order valence-electron chi connectivity index (χ3n) is 5.59. The van der Waals surface area contributed by atoms with Gasteiger partial charge in [-0.3, -0.25) is 4.79 Å². The van der Waals surface area contributed by atoms with Crippen molar-refractivity contribution in [2.75, 3.05) is 19.8 Å². The van der Waals surface area contributed by atoms with Crippen LogP contribution in [0.25, 0.3) is 5.69 Å². The summed E-state index contributed by atoms with van der Waals surface area (Å²) in [5.74, 6) is -0.141. The summed E-state index contributed by atoms with van der Waals surface area (Å²) in [6.45, 7) is 3.62. The number of ether oxygens (including phenoxy) is 1. The average molecular weight is 446 g/mol. The number of carbonyl (C=O) groups is 1. The molecule has 0 radical (unpaired) electrons. The summed E-state index contributed by atoms with van der Waals surface area (Å²) in [6, 6.07) is 11.0. The highest BCUT2D eigenvalue weighted by Gasteiger charge is 2.36. The minimum absolute atomic E-state index is 0.141. The van der Waals surface area contributed by atoms with Crippen molar-refractivity contribution in [3.8, 4) is 5.69 Å². The molecular weight excluding hydrogens is 425 g/mol. The fourth-order valence-electron chi connectivity index (χ4n) is 3.90. The van der Waals surface area contributed by atoms with Crippen molar-refractivity contribution < 1.29 is 9.53 Å². The quantitative estimate of drug-likeness (QED) is 0.646. The van der Waals surface area contributed by atoms with E-state index in [9.17, 15) is 4.79 Å². The predicted molar refractivity (Wildman–Crippen MR) is 114 cm³/mol. The Hall–Kier alpha value is -2.48. The number of rotatable bonds is 5. The first-order chi connectivity index (χ1) is 14.5. The van der Waals surface area contributed by atoms with Gasteiger partial charge in [-0.15, -0.1) is 5.10 Å². The number of tetrazole rings is 1. The van der Waals surface area contributed by atoms with Gasteiger partial charge in [-0.2, -0.15) is 0 Å². The lowest BCUT2D eigenvalue weighted by Gasteiger charge is -2.38. The Labute approximate surface area is 184 Å². The van der Waals surface area contributed by atoms with Crippen LogP contribution in [0.5, 0.6) is 0 Å². The fourth-order valence-corrected chi connectivity index (χ4v) is 4.51. The van der Waals surface area contributed by atoms with Crippen LogP contribution in [0.2, 0.25) is 10.0 Å². The Balaban J connectivity index is 1.54. The first-order valence-corrected chi connectivity index (χ1v) is 10.4. The number of nitrogens with one attached hydrogen (secondary N) is 1. The van der Waals surface area contributed by atoms with E-state index in [4.69, 9.17) is 27.9 Å². The number of carbonyl (C=O) groups excluding carboxylic acids is 1. The summed E-state index contributed by atoms with van der Waals surface area (Å²) in [4.78, 5) is 12.9. The number of amides is 1. The van der Waals surface area contributed by atoms with Crippen LogP contribution in [0.3, 0.4) is 0 Å². The van der Waals surface area contributed by atoms with Gasteiger partial charge in [0.2, 0.25) is 0 Å². The fraction of sp³-hybridized carbons (Fsp3) is 0.333. The molecule has 1 aromatic heterocycles. The van der Waals surface area contributed by atoms with Crippen molar-refractivity contribution in [2.45, 2.75) is 25.2 Å². The van der Waals surface area contributed by atoms with Crippen LogP contribution in [0.1, 0.15) is 34.3 Å². The van der Waals surface area contributed by atoms with Gasteiger partial charge in [0.25, 0.3) is 5.91 Å². The van der Waals surface area contributed by atoms with Crippen molar-refractivity contribution in [1.82, 2.24) is 25.5 Å². The lowest BCUT2D eigenvalue weighted by molar-refractivity contribution is 0.0487. The van der Waals surface area contributed by atoms with Crippen LogP contribution in [-0.4, -0.2) is 45.9 Å². The second-order valence-corrected chi connectivity index (χ2v) is 8.30. The van der Waals surface area contributed by atoms with Crippen LogP contribution in [0.4, 0.5) is 0 Å². The van der Waals surface area contributed by atoms with Crippen LogP contribution < -0.4 is 5.32 Å². The van der Waals surface area contributed by atoms with Gasteiger partial charge in [0.05, 0.1) is 5.69 Å². The molecular formula is C21H21Cl2N5O2. The first kappa shape index (κ1) is 20.8. The molecule has 1 aliphatic heterocycles. The Bertz CT molecular complexity index is 1050. The number of hydrogen-bond acceptors (Lipinski definition) is 5. The number of hydrogen-bond donors (Lipinski definition) is 1. The molecule has 30 heavy (non-hydrogen) atoms. The van der Waals surface area contributed by atoms with Gasteiger partial charge in [-0.05, 0) is 71.7 Å². The van der Waals surface area contributed by atoms with Gasteiger partial charge in [0.1, 0.15) is 6.33 Å². The molecule has 2 heterocycles. The largest absolute Gasteiger partial charge is 0.381 e. The van der Waals surface area contributed by atoms with Crippen molar-refractivity contribution >= 4 is 29.1 Å². The zero-order valence-corrected chi connectivity index (χ0v) is 18.0. The molecule has 1 fully saturated rings. The zero-order chi connectivity index (χ0) is 21.1. The monoisotopic (exact) mass is 445 g/mol. The second-order valence-electron chi connectivity index (χ2n) is 7.46. The lowest BCUT2D eigenvalue weighted by Crippen LogP contribution is -2.44. The van der Waals surface area contributed by atoms with Crippen molar-refractivity contribution in [1.29, 1.82) is 0 Å². The standard InChI is InChI=1S/C21H21Cl2N5O2/c1-14-10-15(2-5-19(14)28-13-25-26-27-28)20(29)24-12-21(6-8-30-9-7-21)17-4-3-16(22)11-18(17)23/h2-5,10-11,13H,6-9,12H2,1H3,(H,24,29). The maximum atomic E-state index is 12.9. The molecule has 0 aliphatic carbocycles. The molecule has 9 heteroatoms. The normalized spacial score (nSPS) is 15.7. The van der Waals surface area contributed by atoms with E-state index in [-0.39, 0.29) is 11.3 Å². The second kappa shape index (κ2) is 8.71. The highest BCUT2D eigenvalue weighted by atomic mass is 35.5. The molecule has 7 nitrogen and oxygen atoms in total. The minimum Gasteiger partial charge on any atom is -0.381 e. The van der Waals surface area contributed by atoms with Gasteiger partial charge in [-0.25, -0.2) is 4.68 Å². The molecule has 1 saturated heterocycles. The summed E-state index contributed by atoms with van der Waals surface area (Å²) < 4.78 is 7.13. The number of aromatic nitrogens is 4. The predicted octanol–water partition coefficient (Wildman–Crippen LogP) is 3.76. The van der Waals surface area contributed by atoms with Gasteiger partial charge in [0.15, 0.2) is 0 Å². The number of nitrogens with zero attached hydrogens (tertiary/aromatic N) is 4. The molecule has 0 saturated carbocycles. The van der Waals surface area contributed by atoms with Crippen molar-refractivity contribution in [2.24, 2.45) is 0 Å². The smallest absolute Gasteiger partial charge is 0.251 e. The molecule has 156 valence electrons. The summed E-state index contributed by atoms with van der Waals surface area (Å²) in [7, 11) is 0. The van der Waals surface area contributed by atoms with Crippen LogP contribution in [0, 0.1) is 6.92 Å². The summed E-state index contributed by atoms with van der Waals surface area (Å²) in [5.41, 5.74) is 3.00. The third-order valence-corrected chi connectivity index (χ3v) is 6.14. The molecule has 1 aliphatic rings. The lowest BCUT2D eigenvalue weighted by atomic mass is 9.74. The Kier molecular flexibility index (Phi) is 6.04. The highest BCUT2D eigenvalue weighted by Crippen LogP contribution is 2.39. The van der Waals surface area contributed by atoms with Crippen molar-refractivity contribution in [3.63, 3.8) is 0 Å². The SMILES string of the molecule is Cc1cc(C(=O)NCC2(c3ccc(Cl)cc3Cl)CCOCC2)ccc1-n1cnnn1. The number of benzene rings is 2. The molecule has 1 amide bonds. The molecule has 0 bridgehead atoms. The molecule has 3 aromatic rings. The van der Waals surface area contributed by atoms with E-state index in [1.807, 2.05) is 31.2 Å². The molecule has 1 N–H and O–H groups in total. The molecule has 0 unspecified atom stereocenters. The van der Waals surface area contributed by atoms with E-state index in [0.717, 1.165) is 29.7 Å². The maximum Gasteiger partial charge on any atom is 0.251 e. The van der Waals surface area contributed by atoms with E-state index < -0.39 is 0 Å². The Morgan fingerprint density at radius 3 is 2.67 bits per heavy atom. The maximum absolute atomic E-state index is 12.9. The van der Waals surface area contributed by atoms with E-state index >= 15 is 0 Å². The van der Waals surface area contributed by atoms with Crippen molar-refractivity contribution in [3.05, 3.63) is 69.5 Å². The number of aryl methyl sites for hydroxylation is 1. The van der Waals surface area contributed by atoms with E-state index in [2.05, 4.69) is 20.8 Å². The Morgan fingerprint density at radius 2 is 2.00 bits per heavy atom. The minimum atomic E-state index is -0.295. The van der Waals surface area contributed by atoms with Gasteiger partial charge in [-0.1, -0.05) is 29.3 Å². The van der Waals surface area contributed by atoms with Gasteiger partial charge < -0.3 is 10.1 Å². The van der Waals surface area contributed by atoms with Crippen LogP contribution >= 0.6 is 23.2 Å². The van der Waals surface area contributed by atoms with E-state index in [1.165, 1.54) is 6.33 Å². The van der Waals surface area contributed by atoms with Crippen LogP contribution in [0.15, 0.2) is 42.7 Å². The summed E-state index contributed by atoms with van der Waals surface area (Å²) in [6.07, 6.45) is 3.06. The zero-order valence-electron chi connectivity index (χ0n) is 16.4. The molecule has 0 spiro atoms. The topological polar surface area (TPSA) is 81.9 Å². The van der Waals surface area contributed by atoms with E-state index in [1.54, 1.807) is 16.8 Å². The number of halogens is 2. The van der Waals surface area contributed by atoms with Gasteiger partial charge in [0, 0.05) is 40.8 Å². The highest BCUT2D eigenvalue weighted by molar-refractivity contribution is 6.35. The summed E-state index contributed by atoms with van der Waals surface area (Å²) in [5, 5.41) is 15.5. The first-order valence-electron chi connectivity index (χ1n) is 9.64.